The summed E-state index contributed by atoms with van der Waals surface area (Å²) >= 11 is 0. The van der Waals surface area contributed by atoms with E-state index in [-0.39, 0.29) is 5.75 Å². The van der Waals surface area contributed by atoms with Crippen molar-refractivity contribution < 1.29 is 9.84 Å². The molecule has 138 valence electrons. The van der Waals surface area contributed by atoms with Crippen molar-refractivity contribution in [1.29, 1.82) is 0 Å². The van der Waals surface area contributed by atoms with E-state index in [1.807, 2.05) is 37.3 Å². The number of aromatic nitrogens is 3. The summed E-state index contributed by atoms with van der Waals surface area (Å²) in [5.41, 5.74) is 3.26. The number of phenols is 1. The summed E-state index contributed by atoms with van der Waals surface area (Å²) in [7, 11) is 0. The topological polar surface area (TPSA) is 60.2 Å². The van der Waals surface area contributed by atoms with Gasteiger partial charge in [-0.25, -0.2) is 0 Å². The van der Waals surface area contributed by atoms with E-state index in [1.54, 1.807) is 0 Å². The number of hydrogen-bond acceptors (Lipinski definition) is 4. The number of rotatable bonds is 9. The number of phenolic OH excluding ortho intramolecular Hbond substituents is 1. The summed E-state index contributed by atoms with van der Waals surface area (Å²) in [6.45, 7) is 4.78. The van der Waals surface area contributed by atoms with Gasteiger partial charge in [-0.1, -0.05) is 38.7 Å². The van der Waals surface area contributed by atoms with Crippen LogP contribution in [0.1, 0.15) is 51.5 Å². The molecule has 0 radical (unpaired) electrons. The lowest BCUT2D eigenvalue weighted by Gasteiger charge is -2.06. The zero-order chi connectivity index (χ0) is 18.4. The van der Waals surface area contributed by atoms with E-state index in [9.17, 15) is 5.11 Å². The maximum Gasteiger partial charge on any atom is 0.143 e. The van der Waals surface area contributed by atoms with Gasteiger partial charge >= 0.3 is 0 Å². The Morgan fingerprint density at radius 3 is 2.50 bits per heavy atom. The third-order valence-electron chi connectivity index (χ3n) is 4.49. The third kappa shape index (κ3) is 4.34. The Kier molecular flexibility index (Phi) is 6.10. The molecule has 1 aromatic heterocycles. The average Bonchev–Trinajstić information content (AvgIpc) is 3.05. The van der Waals surface area contributed by atoms with Crippen LogP contribution in [0.15, 0.2) is 36.4 Å². The largest absolute Gasteiger partial charge is 0.506 e. The van der Waals surface area contributed by atoms with Gasteiger partial charge in [-0.2, -0.15) is 0 Å². The quantitative estimate of drug-likeness (QED) is 0.548. The number of hydrogen-bond donors (Lipinski definition) is 1. The Morgan fingerprint density at radius 1 is 0.923 bits per heavy atom. The van der Waals surface area contributed by atoms with E-state index in [0.717, 1.165) is 35.2 Å². The first-order valence-electron chi connectivity index (χ1n) is 9.53. The van der Waals surface area contributed by atoms with Crippen LogP contribution in [-0.4, -0.2) is 26.7 Å². The van der Waals surface area contributed by atoms with Crippen LogP contribution >= 0.6 is 0 Å². The standard InChI is InChI=1S/C21H27N3O2/c1-3-5-6-7-8-9-16-10-13-20(21(25)14-16)24-22-18-12-11-17(26-4-2)15-19(18)23-24/h10-15,25H,3-9H2,1-2H3. The van der Waals surface area contributed by atoms with Crippen molar-refractivity contribution in [2.45, 2.75) is 52.4 Å². The molecular formula is C21H27N3O2. The highest BCUT2D eigenvalue weighted by molar-refractivity contribution is 5.75. The molecule has 5 nitrogen and oxygen atoms in total. The Morgan fingerprint density at radius 2 is 1.73 bits per heavy atom. The van der Waals surface area contributed by atoms with Crippen molar-refractivity contribution in [3.05, 3.63) is 42.0 Å². The predicted molar refractivity (Wildman–Crippen MR) is 104 cm³/mol. The monoisotopic (exact) mass is 353 g/mol. The molecule has 5 heteroatoms. The van der Waals surface area contributed by atoms with Gasteiger partial charge in [-0.05, 0) is 49.6 Å². The number of fused-ring (bicyclic) bond motifs is 1. The van der Waals surface area contributed by atoms with Crippen LogP contribution in [0.4, 0.5) is 0 Å². The third-order valence-corrected chi connectivity index (χ3v) is 4.49. The average molecular weight is 353 g/mol. The molecule has 0 spiro atoms. The number of benzene rings is 2. The van der Waals surface area contributed by atoms with Crippen LogP contribution in [0, 0.1) is 0 Å². The number of ether oxygens (including phenoxy) is 1. The zero-order valence-corrected chi connectivity index (χ0v) is 15.6. The minimum atomic E-state index is 0.210. The van der Waals surface area contributed by atoms with E-state index >= 15 is 0 Å². The Hall–Kier alpha value is -2.56. The SMILES string of the molecule is CCCCCCCc1ccc(-n2nc3ccc(OCC)cc3n2)c(O)c1. The fraction of sp³-hybridized carbons (Fsp3) is 0.429. The number of aromatic hydroxyl groups is 1. The van der Waals surface area contributed by atoms with Crippen LogP contribution in [0.3, 0.4) is 0 Å². The van der Waals surface area contributed by atoms with Gasteiger partial charge in [-0.3, -0.25) is 0 Å². The Balaban J connectivity index is 1.73. The van der Waals surface area contributed by atoms with Crippen molar-refractivity contribution in [1.82, 2.24) is 15.0 Å². The minimum Gasteiger partial charge on any atom is -0.506 e. The smallest absolute Gasteiger partial charge is 0.143 e. The molecule has 26 heavy (non-hydrogen) atoms. The van der Waals surface area contributed by atoms with Crippen molar-refractivity contribution in [2.75, 3.05) is 6.61 Å². The highest BCUT2D eigenvalue weighted by atomic mass is 16.5. The summed E-state index contributed by atoms with van der Waals surface area (Å²) in [5, 5.41) is 19.4. The molecule has 0 aliphatic heterocycles. The van der Waals surface area contributed by atoms with Crippen LogP contribution in [-0.2, 0) is 6.42 Å². The van der Waals surface area contributed by atoms with E-state index < -0.39 is 0 Å². The van der Waals surface area contributed by atoms with Crippen molar-refractivity contribution >= 4 is 11.0 Å². The van der Waals surface area contributed by atoms with E-state index in [0.29, 0.717) is 12.3 Å². The maximum absolute atomic E-state index is 10.4. The fourth-order valence-corrected chi connectivity index (χ4v) is 3.08. The molecule has 0 aliphatic rings. The number of unbranched alkanes of at least 4 members (excludes halogenated alkanes) is 4. The molecule has 2 aromatic carbocycles. The molecule has 0 atom stereocenters. The molecule has 3 aromatic rings. The van der Waals surface area contributed by atoms with E-state index in [4.69, 9.17) is 4.74 Å². The van der Waals surface area contributed by atoms with Gasteiger partial charge in [0.1, 0.15) is 28.2 Å². The van der Waals surface area contributed by atoms with Gasteiger partial charge in [0, 0.05) is 6.07 Å². The second kappa shape index (κ2) is 8.70. The highest BCUT2D eigenvalue weighted by Gasteiger charge is 2.10. The molecule has 0 unspecified atom stereocenters. The van der Waals surface area contributed by atoms with Gasteiger partial charge < -0.3 is 9.84 Å². The first-order valence-corrected chi connectivity index (χ1v) is 9.53. The zero-order valence-electron chi connectivity index (χ0n) is 15.6. The number of aryl methyl sites for hydroxylation is 1. The minimum absolute atomic E-state index is 0.210. The summed E-state index contributed by atoms with van der Waals surface area (Å²) in [4.78, 5) is 1.49. The normalized spacial score (nSPS) is 11.2. The molecule has 1 heterocycles. The van der Waals surface area contributed by atoms with Gasteiger partial charge in [0.25, 0.3) is 0 Å². The Bertz CT molecular complexity index is 858. The molecular weight excluding hydrogens is 326 g/mol. The first-order chi connectivity index (χ1) is 12.7. The lowest BCUT2D eigenvalue weighted by Crippen LogP contribution is -1.99. The molecule has 3 rings (SSSR count). The van der Waals surface area contributed by atoms with Crippen LogP contribution in [0.5, 0.6) is 11.5 Å². The molecule has 0 amide bonds. The maximum atomic E-state index is 10.4. The van der Waals surface area contributed by atoms with Gasteiger partial charge in [0.2, 0.25) is 0 Å². The highest BCUT2D eigenvalue weighted by Crippen LogP contribution is 2.25. The molecule has 0 saturated heterocycles. The number of nitrogens with zero attached hydrogens (tertiary/aromatic N) is 3. The van der Waals surface area contributed by atoms with Gasteiger partial charge in [0.05, 0.1) is 6.61 Å². The molecule has 0 aliphatic carbocycles. The second-order valence-electron chi connectivity index (χ2n) is 6.56. The molecule has 0 saturated carbocycles. The molecule has 0 bridgehead atoms. The van der Waals surface area contributed by atoms with Crippen molar-refractivity contribution in [2.24, 2.45) is 0 Å². The predicted octanol–water partition coefficient (Wildman–Crippen LogP) is 5.04. The fourth-order valence-electron chi connectivity index (χ4n) is 3.08. The summed E-state index contributed by atoms with van der Waals surface area (Å²) < 4.78 is 5.50. The van der Waals surface area contributed by atoms with Crippen LogP contribution in [0.25, 0.3) is 16.7 Å². The lowest BCUT2D eigenvalue weighted by atomic mass is 10.0. The van der Waals surface area contributed by atoms with Crippen LogP contribution < -0.4 is 4.74 Å². The van der Waals surface area contributed by atoms with E-state index in [2.05, 4.69) is 23.2 Å². The van der Waals surface area contributed by atoms with Gasteiger partial charge in [0.15, 0.2) is 0 Å². The Labute approximate surface area is 154 Å². The van der Waals surface area contributed by atoms with Crippen molar-refractivity contribution in [3.8, 4) is 17.2 Å². The second-order valence-corrected chi connectivity index (χ2v) is 6.56. The first kappa shape index (κ1) is 18.2. The van der Waals surface area contributed by atoms with Gasteiger partial charge in [-0.15, -0.1) is 15.0 Å². The van der Waals surface area contributed by atoms with E-state index in [1.165, 1.54) is 30.5 Å². The van der Waals surface area contributed by atoms with Crippen molar-refractivity contribution in [3.63, 3.8) is 0 Å². The lowest BCUT2D eigenvalue weighted by molar-refractivity contribution is 0.340. The van der Waals surface area contributed by atoms with Crippen LogP contribution in [0.2, 0.25) is 0 Å². The summed E-state index contributed by atoms with van der Waals surface area (Å²) in [5.74, 6) is 0.982. The summed E-state index contributed by atoms with van der Waals surface area (Å²) in [6, 6.07) is 11.4. The molecule has 1 N–H and O–H groups in total. The summed E-state index contributed by atoms with van der Waals surface area (Å²) in [6.07, 6.45) is 7.23. The molecule has 0 fully saturated rings.